The first-order chi connectivity index (χ1) is 26.4. The van der Waals surface area contributed by atoms with Crippen molar-refractivity contribution in [3.05, 3.63) is 12.2 Å². The quantitative estimate of drug-likeness (QED) is 0.0275. The molecule has 9 heteroatoms. The lowest BCUT2D eigenvalue weighted by Crippen LogP contribution is -2.45. The molecule has 0 fully saturated rings. The third kappa shape index (κ3) is 41.2. The molecule has 1 amide bonds. The lowest BCUT2D eigenvalue weighted by atomic mass is 10.0. The van der Waals surface area contributed by atoms with Crippen molar-refractivity contribution in [1.82, 2.24) is 5.32 Å². The Morgan fingerprint density at radius 3 is 1.53 bits per heavy atom. The van der Waals surface area contributed by atoms with E-state index < -0.39 is 20.0 Å². The standard InChI is InChI=1S/C46H93N2O6P/c1-7-8-9-10-11-12-13-14-15-16-17-18-19-20-21-22-23-27-30-33-36-39-46(50)47-44(42-54-55(51,52)53-41-40-48(4,5)6)45(49)38-35-32-29-26-24-25-28-31-34-37-43(2)3/h35,38,43-45,49H,7-34,36-37,39-42H2,1-6H3,(H-,47,50,51,52)/b38-35+/t44-,45+/m0/s1. The third-order valence-electron chi connectivity index (χ3n) is 10.7. The minimum absolute atomic E-state index is 0.00117. The molecule has 0 aromatic heterocycles. The molecule has 1 unspecified atom stereocenters. The number of phosphoric ester groups is 1. The number of carbonyl (C=O) groups is 1. The van der Waals surface area contributed by atoms with Crippen molar-refractivity contribution in [2.45, 2.75) is 232 Å². The van der Waals surface area contributed by atoms with Gasteiger partial charge in [-0.3, -0.25) is 9.36 Å². The molecule has 2 N–H and O–H groups in total. The average Bonchev–Trinajstić information content (AvgIpc) is 3.12. The van der Waals surface area contributed by atoms with Crippen molar-refractivity contribution in [3.63, 3.8) is 0 Å². The minimum atomic E-state index is -4.58. The summed E-state index contributed by atoms with van der Waals surface area (Å²) in [5.41, 5.74) is 0. The molecule has 0 aromatic carbocycles. The number of nitrogens with zero attached hydrogens (tertiary/aromatic N) is 1. The topological polar surface area (TPSA) is 108 Å². The van der Waals surface area contributed by atoms with Crippen LogP contribution in [0.5, 0.6) is 0 Å². The first-order valence-electron chi connectivity index (χ1n) is 23.4. The Kier molecular flexibility index (Phi) is 37.0. The number of carbonyl (C=O) groups excluding carboxylic acids is 1. The second kappa shape index (κ2) is 37.5. The molecule has 0 aliphatic carbocycles. The monoisotopic (exact) mass is 801 g/mol. The summed E-state index contributed by atoms with van der Waals surface area (Å²) in [6.45, 7) is 6.97. The molecular weight excluding hydrogens is 707 g/mol. The fourth-order valence-corrected chi connectivity index (χ4v) is 7.65. The summed E-state index contributed by atoms with van der Waals surface area (Å²) in [6.07, 6.45) is 41.3. The van der Waals surface area contributed by atoms with Gasteiger partial charge in [-0.1, -0.05) is 206 Å². The van der Waals surface area contributed by atoms with Gasteiger partial charge in [0.15, 0.2) is 0 Å². The van der Waals surface area contributed by atoms with E-state index in [1.807, 2.05) is 27.2 Å². The van der Waals surface area contributed by atoms with Crippen molar-refractivity contribution < 1.29 is 32.9 Å². The van der Waals surface area contributed by atoms with Crippen molar-refractivity contribution in [1.29, 1.82) is 0 Å². The lowest BCUT2D eigenvalue weighted by molar-refractivity contribution is -0.870. The molecule has 0 rings (SSSR count). The number of aliphatic hydroxyl groups is 1. The Balaban J connectivity index is 4.26. The van der Waals surface area contributed by atoms with Crippen molar-refractivity contribution in [2.24, 2.45) is 5.92 Å². The highest BCUT2D eigenvalue weighted by Crippen LogP contribution is 2.38. The van der Waals surface area contributed by atoms with E-state index in [1.165, 1.54) is 154 Å². The first kappa shape index (κ1) is 54.2. The Morgan fingerprint density at radius 2 is 1.09 bits per heavy atom. The van der Waals surface area contributed by atoms with Crippen LogP contribution in [0.25, 0.3) is 0 Å². The molecule has 0 radical (unpaired) electrons. The Hall–Kier alpha value is -0.760. The van der Waals surface area contributed by atoms with E-state index in [2.05, 4.69) is 26.1 Å². The van der Waals surface area contributed by atoms with E-state index in [1.54, 1.807) is 6.08 Å². The number of phosphoric acid groups is 1. The third-order valence-corrected chi connectivity index (χ3v) is 11.6. The summed E-state index contributed by atoms with van der Waals surface area (Å²) in [7, 11) is 1.27. The van der Waals surface area contributed by atoms with Crippen LogP contribution in [0.3, 0.4) is 0 Å². The molecule has 0 spiro atoms. The molecule has 55 heavy (non-hydrogen) atoms. The summed E-state index contributed by atoms with van der Waals surface area (Å²) in [5.74, 6) is 0.592. The number of allylic oxidation sites excluding steroid dienone is 1. The summed E-state index contributed by atoms with van der Waals surface area (Å²) in [4.78, 5) is 25.3. The zero-order chi connectivity index (χ0) is 40.9. The fourth-order valence-electron chi connectivity index (χ4n) is 6.93. The van der Waals surface area contributed by atoms with Gasteiger partial charge in [0, 0.05) is 6.42 Å². The van der Waals surface area contributed by atoms with E-state index in [4.69, 9.17) is 9.05 Å². The van der Waals surface area contributed by atoms with Gasteiger partial charge in [-0.05, 0) is 25.2 Å². The van der Waals surface area contributed by atoms with Crippen LogP contribution in [0.2, 0.25) is 0 Å². The van der Waals surface area contributed by atoms with Crippen LogP contribution < -0.4 is 10.2 Å². The SMILES string of the molecule is CCCCCCCCCCCCCCCCCCCCCCCC(=O)N[C@@H](COP(=O)([O-])OCC[N+](C)(C)C)[C@H](O)/C=C/CCCCCCCCCC(C)C. The predicted octanol–water partition coefficient (Wildman–Crippen LogP) is 12.4. The molecule has 0 heterocycles. The number of aliphatic hydroxyl groups excluding tert-OH is 1. The second-order valence-electron chi connectivity index (χ2n) is 18.0. The normalized spacial score (nSPS) is 14.5. The number of hydrogen-bond donors (Lipinski definition) is 2. The molecule has 0 saturated carbocycles. The number of rotatable bonds is 42. The molecular formula is C46H93N2O6P. The van der Waals surface area contributed by atoms with E-state index in [9.17, 15) is 19.4 Å². The van der Waals surface area contributed by atoms with E-state index in [-0.39, 0.29) is 19.1 Å². The van der Waals surface area contributed by atoms with Crippen LogP contribution in [-0.2, 0) is 18.4 Å². The zero-order valence-corrected chi connectivity index (χ0v) is 38.2. The van der Waals surface area contributed by atoms with Gasteiger partial charge < -0.3 is 28.8 Å². The Morgan fingerprint density at radius 1 is 0.673 bits per heavy atom. The van der Waals surface area contributed by atoms with Crippen LogP contribution in [0.4, 0.5) is 0 Å². The summed E-state index contributed by atoms with van der Waals surface area (Å²) >= 11 is 0. The van der Waals surface area contributed by atoms with Gasteiger partial charge in [-0.2, -0.15) is 0 Å². The van der Waals surface area contributed by atoms with Gasteiger partial charge in [0.2, 0.25) is 5.91 Å². The van der Waals surface area contributed by atoms with Crippen LogP contribution >= 0.6 is 7.82 Å². The highest BCUT2D eigenvalue weighted by molar-refractivity contribution is 7.45. The van der Waals surface area contributed by atoms with Gasteiger partial charge in [0.1, 0.15) is 13.2 Å². The molecule has 0 bridgehead atoms. The lowest BCUT2D eigenvalue weighted by Gasteiger charge is -2.29. The maximum absolute atomic E-state index is 12.9. The van der Waals surface area contributed by atoms with Gasteiger partial charge in [0.05, 0.1) is 39.9 Å². The molecule has 8 nitrogen and oxygen atoms in total. The van der Waals surface area contributed by atoms with Gasteiger partial charge >= 0.3 is 0 Å². The van der Waals surface area contributed by atoms with Crippen LogP contribution in [0.15, 0.2) is 12.2 Å². The van der Waals surface area contributed by atoms with Crippen LogP contribution in [0.1, 0.15) is 220 Å². The molecule has 0 saturated heterocycles. The predicted molar refractivity (Wildman–Crippen MR) is 233 cm³/mol. The van der Waals surface area contributed by atoms with Gasteiger partial charge in [-0.15, -0.1) is 0 Å². The molecule has 3 atom stereocenters. The van der Waals surface area contributed by atoms with E-state index in [0.717, 1.165) is 44.4 Å². The second-order valence-corrected chi connectivity index (χ2v) is 19.4. The fraction of sp³-hybridized carbons (Fsp3) is 0.935. The highest BCUT2D eigenvalue weighted by atomic mass is 31.2. The highest BCUT2D eigenvalue weighted by Gasteiger charge is 2.23. The van der Waals surface area contributed by atoms with E-state index >= 15 is 0 Å². The number of nitrogens with one attached hydrogen (secondary N) is 1. The smallest absolute Gasteiger partial charge is 0.268 e. The first-order valence-corrected chi connectivity index (χ1v) is 24.9. The number of quaternary nitrogens is 1. The maximum atomic E-state index is 12.9. The summed E-state index contributed by atoms with van der Waals surface area (Å²) in [5, 5.41) is 13.8. The largest absolute Gasteiger partial charge is 0.756 e. The number of unbranched alkanes of at least 4 members (excludes halogenated alkanes) is 27. The van der Waals surface area contributed by atoms with Gasteiger partial charge in [0.25, 0.3) is 7.82 Å². The van der Waals surface area contributed by atoms with Crippen molar-refractivity contribution in [3.8, 4) is 0 Å². The van der Waals surface area contributed by atoms with Crippen molar-refractivity contribution >= 4 is 13.7 Å². The van der Waals surface area contributed by atoms with Gasteiger partial charge in [-0.25, -0.2) is 0 Å². The van der Waals surface area contributed by atoms with Crippen molar-refractivity contribution in [2.75, 3.05) is 40.9 Å². The molecule has 328 valence electrons. The number of hydrogen-bond acceptors (Lipinski definition) is 6. The minimum Gasteiger partial charge on any atom is -0.756 e. The number of likely N-dealkylation sites (N-methyl/N-ethyl adjacent to an activating group) is 1. The Bertz CT molecular complexity index is 925. The summed E-state index contributed by atoms with van der Waals surface area (Å²) in [6, 6.07) is -0.881. The molecule has 0 aliphatic heterocycles. The van der Waals surface area contributed by atoms with Crippen LogP contribution in [-0.4, -0.2) is 68.5 Å². The molecule has 0 aliphatic rings. The maximum Gasteiger partial charge on any atom is 0.268 e. The number of amides is 1. The average molecular weight is 801 g/mol. The summed E-state index contributed by atoms with van der Waals surface area (Å²) < 4.78 is 23.2. The molecule has 0 aromatic rings. The van der Waals surface area contributed by atoms with E-state index in [0.29, 0.717) is 17.4 Å². The zero-order valence-electron chi connectivity index (χ0n) is 37.3. The van der Waals surface area contributed by atoms with Crippen LogP contribution in [0, 0.1) is 5.92 Å². The Labute approximate surface area is 342 Å².